The molecule has 0 aliphatic carbocycles. The van der Waals surface area contributed by atoms with Crippen LogP contribution in [0.2, 0.25) is 0 Å². The summed E-state index contributed by atoms with van der Waals surface area (Å²) in [5.41, 5.74) is -0.983. The lowest BCUT2D eigenvalue weighted by molar-refractivity contribution is -0.127. The summed E-state index contributed by atoms with van der Waals surface area (Å²) >= 11 is 0. The lowest BCUT2D eigenvalue weighted by Gasteiger charge is -2.30. The average Bonchev–Trinajstić information content (AvgIpc) is 2.70. The van der Waals surface area contributed by atoms with E-state index >= 15 is 0 Å². The Hall–Kier alpha value is -1.24. The van der Waals surface area contributed by atoms with Crippen LogP contribution < -0.4 is 0 Å². The molecule has 0 aromatic heterocycles. The largest absolute Gasteiger partial charge is 0.368 e. The number of ketones is 1. The third-order valence-electron chi connectivity index (χ3n) is 4.18. The highest BCUT2D eigenvalue weighted by atomic mass is 32.2. The van der Waals surface area contributed by atoms with Crippen molar-refractivity contribution >= 4 is 15.6 Å². The Balaban J connectivity index is 2.19. The van der Waals surface area contributed by atoms with E-state index < -0.39 is 21.7 Å². The van der Waals surface area contributed by atoms with Crippen molar-refractivity contribution < 1.29 is 23.1 Å². The molecule has 6 heteroatoms. The van der Waals surface area contributed by atoms with Crippen LogP contribution >= 0.6 is 0 Å². The normalized spacial score (nSPS) is 28.7. The van der Waals surface area contributed by atoms with Crippen LogP contribution in [0.5, 0.6) is 0 Å². The van der Waals surface area contributed by atoms with E-state index in [1.807, 2.05) is 0 Å². The van der Waals surface area contributed by atoms with Gasteiger partial charge in [0.25, 0.3) is 0 Å². The van der Waals surface area contributed by atoms with Gasteiger partial charge in [0, 0.05) is 12.8 Å². The minimum atomic E-state index is -3.52. The van der Waals surface area contributed by atoms with Crippen molar-refractivity contribution in [1.29, 1.82) is 0 Å². The molecule has 2 rings (SSSR count). The zero-order valence-corrected chi connectivity index (χ0v) is 13.7. The molecule has 1 saturated heterocycles. The number of aliphatic hydroxyl groups is 1. The number of benzene rings is 1. The first-order valence-corrected chi connectivity index (χ1v) is 9.01. The van der Waals surface area contributed by atoms with Crippen molar-refractivity contribution in [3.63, 3.8) is 0 Å². The molecule has 1 aliphatic rings. The molecule has 1 unspecified atom stereocenters. The summed E-state index contributed by atoms with van der Waals surface area (Å²) in [5, 5.41) is 9.77. The van der Waals surface area contributed by atoms with Gasteiger partial charge >= 0.3 is 0 Å². The van der Waals surface area contributed by atoms with Gasteiger partial charge < -0.3 is 14.6 Å². The Morgan fingerprint density at radius 1 is 1.36 bits per heavy atom. The summed E-state index contributed by atoms with van der Waals surface area (Å²) in [6, 6.07) is 8.20. The number of carbonyl (C=O) groups excluding carboxylic acids is 1. The molecule has 1 fully saturated rings. The van der Waals surface area contributed by atoms with Crippen LogP contribution in [0.25, 0.3) is 0 Å². The zero-order valence-electron chi connectivity index (χ0n) is 12.9. The minimum absolute atomic E-state index is 0.0506. The quantitative estimate of drug-likeness (QED) is 0.864. The molecule has 3 atom stereocenters. The minimum Gasteiger partial charge on any atom is -0.368 e. The molecular formula is C16H22O5S. The molecular weight excluding hydrogens is 304 g/mol. The highest BCUT2D eigenvalue weighted by molar-refractivity contribution is 7.91. The number of rotatable bonds is 6. The van der Waals surface area contributed by atoms with E-state index in [0.29, 0.717) is 19.3 Å². The molecule has 0 saturated carbocycles. The maximum Gasteiger partial charge on any atom is 0.181 e. The first-order chi connectivity index (χ1) is 10.2. The standard InChI is InChI=1S/C16H22O5S/c1-12(17)8-9-13-10-15(18)21-16(13,2)11-22(19,20)14-6-4-3-5-7-14/h3-7,13,15,18H,8-11H2,1-2H3/t13-,15?,16+/m1/s1. The lowest BCUT2D eigenvalue weighted by Crippen LogP contribution is -2.40. The van der Waals surface area contributed by atoms with Crippen LogP contribution in [0.3, 0.4) is 0 Å². The summed E-state index contributed by atoms with van der Waals surface area (Å²) < 4.78 is 30.6. The Labute approximate surface area is 131 Å². The summed E-state index contributed by atoms with van der Waals surface area (Å²) in [7, 11) is -3.52. The summed E-state index contributed by atoms with van der Waals surface area (Å²) in [6.45, 7) is 3.21. The van der Waals surface area contributed by atoms with Crippen molar-refractivity contribution in [3.05, 3.63) is 30.3 Å². The van der Waals surface area contributed by atoms with Crippen LogP contribution in [0.15, 0.2) is 35.2 Å². The zero-order chi connectivity index (χ0) is 16.4. The predicted molar refractivity (Wildman–Crippen MR) is 82.0 cm³/mol. The van der Waals surface area contributed by atoms with E-state index in [9.17, 15) is 18.3 Å². The Kier molecular flexibility index (Phi) is 5.04. The summed E-state index contributed by atoms with van der Waals surface area (Å²) in [5.74, 6) is -0.316. The van der Waals surface area contributed by atoms with Crippen molar-refractivity contribution in [2.24, 2.45) is 5.92 Å². The van der Waals surface area contributed by atoms with Gasteiger partial charge in [-0.3, -0.25) is 0 Å². The lowest BCUT2D eigenvalue weighted by atomic mass is 9.86. The predicted octanol–water partition coefficient (Wildman–Crippen LogP) is 1.94. The first kappa shape index (κ1) is 17.1. The molecule has 1 aromatic carbocycles. The van der Waals surface area contributed by atoms with Crippen LogP contribution in [0.1, 0.15) is 33.1 Å². The molecule has 0 spiro atoms. The van der Waals surface area contributed by atoms with E-state index in [2.05, 4.69) is 0 Å². The van der Waals surface area contributed by atoms with Gasteiger partial charge in [-0.2, -0.15) is 0 Å². The first-order valence-electron chi connectivity index (χ1n) is 7.36. The van der Waals surface area contributed by atoms with Gasteiger partial charge in [0.1, 0.15) is 5.78 Å². The smallest absolute Gasteiger partial charge is 0.181 e. The van der Waals surface area contributed by atoms with Crippen LogP contribution in [-0.4, -0.2) is 37.0 Å². The number of Topliss-reactive ketones (excluding diaryl/α,β-unsaturated/α-hetero) is 1. The molecule has 5 nitrogen and oxygen atoms in total. The fourth-order valence-corrected chi connectivity index (χ4v) is 4.79. The fourth-order valence-electron chi connectivity index (χ4n) is 2.99. The van der Waals surface area contributed by atoms with Crippen molar-refractivity contribution in [1.82, 2.24) is 0 Å². The van der Waals surface area contributed by atoms with Crippen LogP contribution in [-0.2, 0) is 19.4 Å². The van der Waals surface area contributed by atoms with E-state index in [1.165, 1.54) is 6.92 Å². The number of sulfone groups is 1. The van der Waals surface area contributed by atoms with Gasteiger partial charge in [-0.1, -0.05) is 18.2 Å². The molecule has 0 bridgehead atoms. The van der Waals surface area contributed by atoms with E-state index in [-0.39, 0.29) is 22.3 Å². The summed E-state index contributed by atoms with van der Waals surface area (Å²) in [6.07, 6.45) is 0.260. The van der Waals surface area contributed by atoms with E-state index in [4.69, 9.17) is 4.74 Å². The Morgan fingerprint density at radius 2 is 2.00 bits per heavy atom. The van der Waals surface area contributed by atoms with Gasteiger partial charge in [0.15, 0.2) is 16.1 Å². The van der Waals surface area contributed by atoms with E-state index in [0.717, 1.165) is 0 Å². The number of carbonyl (C=O) groups is 1. The maximum absolute atomic E-state index is 12.6. The second-order valence-electron chi connectivity index (χ2n) is 6.13. The van der Waals surface area contributed by atoms with Gasteiger partial charge in [-0.15, -0.1) is 0 Å². The van der Waals surface area contributed by atoms with Gasteiger partial charge in [0.05, 0.1) is 16.2 Å². The second-order valence-corrected chi connectivity index (χ2v) is 8.12. The van der Waals surface area contributed by atoms with Gasteiger partial charge in [0.2, 0.25) is 0 Å². The van der Waals surface area contributed by atoms with Crippen LogP contribution in [0, 0.1) is 5.92 Å². The average molecular weight is 326 g/mol. The molecule has 1 heterocycles. The molecule has 0 amide bonds. The van der Waals surface area contributed by atoms with Crippen molar-refractivity contribution in [2.45, 2.75) is 49.9 Å². The second kappa shape index (κ2) is 6.48. The maximum atomic E-state index is 12.6. The SMILES string of the molecule is CC(=O)CC[C@@H]1CC(O)O[C@@]1(C)CS(=O)(=O)c1ccccc1. The Morgan fingerprint density at radius 3 is 2.59 bits per heavy atom. The van der Waals surface area contributed by atoms with Gasteiger partial charge in [-0.05, 0) is 38.3 Å². The number of hydrogen-bond acceptors (Lipinski definition) is 5. The third kappa shape index (κ3) is 3.94. The number of aliphatic hydroxyl groups excluding tert-OH is 1. The molecule has 1 aliphatic heterocycles. The highest BCUT2D eigenvalue weighted by Gasteiger charge is 2.47. The molecule has 122 valence electrons. The topological polar surface area (TPSA) is 80.7 Å². The molecule has 1 aromatic rings. The number of hydrogen-bond donors (Lipinski definition) is 1. The molecule has 0 radical (unpaired) electrons. The molecule has 1 N–H and O–H groups in total. The van der Waals surface area contributed by atoms with E-state index in [1.54, 1.807) is 37.3 Å². The van der Waals surface area contributed by atoms with Crippen LogP contribution in [0.4, 0.5) is 0 Å². The number of ether oxygens (including phenoxy) is 1. The fraction of sp³-hybridized carbons (Fsp3) is 0.562. The van der Waals surface area contributed by atoms with Crippen molar-refractivity contribution in [3.8, 4) is 0 Å². The highest BCUT2D eigenvalue weighted by Crippen LogP contribution is 2.40. The molecule has 22 heavy (non-hydrogen) atoms. The van der Waals surface area contributed by atoms with Crippen molar-refractivity contribution in [2.75, 3.05) is 5.75 Å². The Bertz CT molecular complexity index is 625. The monoisotopic (exact) mass is 326 g/mol. The third-order valence-corrected chi connectivity index (χ3v) is 6.12. The van der Waals surface area contributed by atoms with Gasteiger partial charge in [-0.25, -0.2) is 8.42 Å². The summed E-state index contributed by atoms with van der Waals surface area (Å²) in [4.78, 5) is 11.4.